The summed E-state index contributed by atoms with van der Waals surface area (Å²) in [7, 11) is 1.33. The molecule has 0 aliphatic carbocycles. The van der Waals surface area contributed by atoms with Crippen LogP contribution >= 0.6 is 0 Å². The molecule has 0 spiro atoms. The molecule has 0 aromatic rings. The molecule has 0 aliphatic heterocycles. The summed E-state index contributed by atoms with van der Waals surface area (Å²) in [5, 5.41) is 35.1. The summed E-state index contributed by atoms with van der Waals surface area (Å²) in [6, 6.07) is -6.36. The first-order valence-corrected chi connectivity index (χ1v) is 22.2. The number of carbonyl (C=O) groups is 6. The Balaban J connectivity index is 5.64. The third kappa shape index (κ3) is 27.0. The summed E-state index contributed by atoms with van der Waals surface area (Å²) in [5.74, 6) is -4.93. The Labute approximate surface area is 362 Å². The van der Waals surface area contributed by atoms with Crippen LogP contribution in [-0.4, -0.2) is 121 Å². The Morgan fingerprint density at radius 3 is 1.31 bits per heavy atom. The highest BCUT2D eigenvalue weighted by atomic mass is 16.3. The molecule has 0 bridgehead atoms. The number of unbranched alkanes of at least 4 members (excludes halogenated alkanes) is 12. The van der Waals surface area contributed by atoms with Gasteiger partial charge in [0.2, 0.25) is 35.4 Å². The second-order valence-electron chi connectivity index (χ2n) is 15.5. The number of aliphatic imine (C=N–C) groups is 2. The second-order valence-corrected chi connectivity index (χ2v) is 15.5. The molecule has 6 atom stereocenters. The van der Waals surface area contributed by atoms with E-state index in [-0.39, 0.29) is 56.6 Å². The summed E-state index contributed by atoms with van der Waals surface area (Å²) >= 11 is 0. The number of hydrogen-bond acceptors (Lipinski definition) is 10. The van der Waals surface area contributed by atoms with Gasteiger partial charge in [-0.1, -0.05) is 104 Å². The maximum atomic E-state index is 13.7. The average molecular weight is 869 g/mol. The number of hydrogen-bond donors (Lipinski definition) is 12. The molecule has 352 valence electrons. The van der Waals surface area contributed by atoms with Gasteiger partial charge in [-0.15, -0.1) is 0 Å². The minimum absolute atomic E-state index is 0.0202. The first-order valence-electron chi connectivity index (χ1n) is 22.2. The van der Waals surface area contributed by atoms with Gasteiger partial charge >= 0.3 is 0 Å². The molecule has 61 heavy (non-hydrogen) atoms. The lowest BCUT2D eigenvalue weighted by atomic mass is 9.97. The number of likely N-dealkylation sites (N-methyl/N-ethyl adjacent to an activating group) is 1. The zero-order valence-electron chi connectivity index (χ0n) is 37.3. The topological polar surface area (TPSA) is 344 Å². The average Bonchev–Trinajstić information content (AvgIpc) is 3.23. The molecule has 0 aliphatic rings. The molecule has 0 heterocycles. The number of guanidine groups is 2. The molecule has 0 aromatic heterocycles. The van der Waals surface area contributed by atoms with Gasteiger partial charge < -0.3 is 65.0 Å². The maximum absolute atomic E-state index is 13.7. The summed E-state index contributed by atoms with van der Waals surface area (Å²) in [5.41, 5.74) is 21.7. The number of nitrogens with zero attached hydrogens (tertiary/aromatic N) is 2. The van der Waals surface area contributed by atoms with Crippen LogP contribution in [0.25, 0.3) is 0 Å². The van der Waals surface area contributed by atoms with Crippen molar-refractivity contribution in [2.75, 3.05) is 33.4 Å². The fourth-order valence-electron chi connectivity index (χ4n) is 6.44. The summed E-state index contributed by atoms with van der Waals surface area (Å²) in [6.07, 6.45) is 16.5. The highest BCUT2D eigenvalue weighted by Gasteiger charge is 2.34. The van der Waals surface area contributed by atoms with E-state index in [9.17, 15) is 39.0 Å². The minimum atomic E-state index is -1.51. The van der Waals surface area contributed by atoms with E-state index in [1.165, 1.54) is 64.8 Å². The minimum Gasteiger partial charge on any atom is -0.394 e. The largest absolute Gasteiger partial charge is 0.394 e. The molecule has 20 heteroatoms. The number of amides is 6. The van der Waals surface area contributed by atoms with Crippen LogP contribution in [-0.2, 0) is 28.8 Å². The molecule has 0 unspecified atom stereocenters. The Morgan fingerprint density at radius 2 is 0.902 bits per heavy atom. The molecular weight excluding hydrogens is 789 g/mol. The molecule has 0 saturated heterocycles. The molecule has 0 rings (SSSR count). The molecule has 0 saturated carbocycles. The lowest BCUT2D eigenvalue weighted by Gasteiger charge is -2.29. The summed E-state index contributed by atoms with van der Waals surface area (Å²) in [6.45, 7) is 4.47. The van der Waals surface area contributed by atoms with Gasteiger partial charge in [-0.2, -0.15) is 0 Å². The maximum Gasteiger partial charge on any atom is 0.245 e. The smallest absolute Gasteiger partial charge is 0.245 e. The summed E-state index contributed by atoms with van der Waals surface area (Å²) < 4.78 is 0. The predicted molar refractivity (Wildman–Crippen MR) is 237 cm³/mol. The molecule has 0 fully saturated rings. The quantitative estimate of drug-likeness (QED) is 0.0221. The number of rotatable bonds is 36. The molecule has 6 amide bonds. The first kappa shape index (κ1) is 56.3. The third-order valence-electron chi connectivity index (χ3n) is 10.4. The number of carbonyl (C=O) groups excluding carboxylic acids is 6. The van der Waals surface area contributed by atoms with Crippen LogP contribution in [0.4, 0.5) is 0 Å². The molecule has 0 aromatic carbocycles. The Bertz CT molecular complexity index is 1340. The molecule has 16 N–H and O–H groups in total. The number of aliphatic hydroxyl groups excluding tert-OH is 2. The molecular formula is C41H80N12O8. The standard InChI is InChI=1S/C41H80N12O8/c1-5-7-8-9-10-11-12-13-14-15-16-17-18-23-33(56)49-29(21-19-24-47-40(42)43)36(58)52-32(27-55)38(60)53-34(28(3)6-2)39(61)50-30(22-20-25-48-41(44)45)37(59)51-31(26-54)35(57)46-4/h28-32,34,54-55H,5-27H2,1-4H3,(H,46,57)(H,49,56)(H,50,61)(H,51,59)(H,52,58)(H,53,60)(H4,42,43,47)(H4,44,45,48)/t28-,29-,30-,31-,32-,34-/m0/s1. The van der Waals surface area contributed by atoms with Crippen LogP contribution in [0.1, 0.15) is 143 Å². The zero-order valence-corrected chi connectivity index (χ0v) is 37.3. The van der Waals surface area contributed by atoms with E-state index in [0.29, 0.717) is 19.3 Å². The van der Waals surface area contributed by atoms with Crippen LogP contribution in [0.5, 0.6) is 0 Å². The van der Waals surface area contributed by atoms with Crippen molar-refractivity contribution in [3.8, 4) is 0 Å². The Hall–Kier alpha value is -4.72. The van der Waals surface area contributed by atoms with E-state index in [1.807, 2.05) is 0 Å². The fourth-order valence-corrected chi connectivity index (χ4v) is 6.44. The van der Waals surface area contributed by atoms with Crippen molar-refractivity contribution in [1.29, 1.82) is 0 Å². The zero-order chi connectivity index (χ0) is 46.0. The monoisotopic (exact) mass is 869 g/mol. The van der Waals surface area contributed by atoms with E-state index in [4.69, 9.17) is 22.9 Å². The van der Waals surface area contributed by atoms with Crippen LogP contribution in [0.2, 0.25) is 0 Å². The molecule has 0 radical (unpaired) electrons. The van der Waals surface area contributed by atoms with Crippen molar-refractivity contribution in [2.45, 2.75) is 173 Å². The lowest BCUT2D eigenvalue weighted by molar-refractivity contribution is -0.136. The normalized spacial score (nSPS) is 13.9. The van der Waals surface area contributed by atoms with Gasteiger partial charge in [0, 0.05) is 26.6 Å². The lowest BCUT2D eigenvalue weighted by Crippen LogP contribution is -2.61. The van der Waals surface area contributed by atoms with Gasteiger partial charge in [0.05, 0.1) is 13.2 Å². The van der Waals surface area contributed by atoms with Crippen molar-refractivity contribution < 1.29 is 39.0 Å². The van der Waals surface area contributed by atoms with Crippen LogP contribution < -0.4 is 54.8 Å². The van der Waals surface area contributed by atoms with Crippen molar-refractivity contribution in [3.63, 3.8) is 0 Å². The van der Waals surface area contributed by atoms with Crippen LogP contribution in [0.3, 0.4) is 0 Å². The first-order chi connectivity index (χ1) is 29.1. The van der Waals surface area contributed by atoms with E-state index in [1.54, 1.807) is 13.8 Å². The Kier molecular flexibility index (Phi) is 32.2. The van der Waals surface area contributed by atoms with E-state index in [2.05, 4.69) is 48.8 Å². The highest BCUT2D eigenvalue weighted by molar-refractivity contribution is 5.96. The number of aliphatic hydroxyl groups is 2. The van der Waals surface area contributed by atoms with Crippen LogP contribution in [0.15, 0.2) is 9.98 Å². The van der Waals surface area contributed by atoms with Gasteiger partial charge in [0.15, 0.2) is 11.9 Å². The second kappa shape index (κ2) is 34.9. The van der Waals surface area contributed by atoms with Gasteiger partial charge in [-0.05, 0) is 38.0 Å². The van der Waals surface area contributed by atoms with E-state index < -0.39 is 78.9 Å². The molecule has 20 nitrogen and oxygen atoms in total. The number of nitrogens with two attached hydrogens (primary N) is 4. The fraction of sp³-hybridized carbons (Fsp3) is 0.805. The van der Waals surface area contributed by atoms with Crippen molar-refractivity contribution in [3.05, 3.63) is 0 Å². The van der Waals surface area contributed by atoms with Gasteiger partial charge in [-0.3, -0.25) is 38.8 Å². The third-order valence-corrected chi connectivity index (χ3v) is 10.4. The summed E-state index contributed by atoms with van der Waals surface area (Å²) in [4.78, 5) is 87.1. The van der Waals surface area contributed by atoms with Crippen molar-refractivity contribution >= 4 is 47.4 Å². The van der Waals surface area contributed by atoms with Crippen molar-refractivity contribution in [1.82, 2.24) is 31.9 Å². The van der Waals surface area contributed by atoms with Gasteiger partial charge in [0.25, 0.3) is 0 Å². The number of nitrogens with one attached hydrogen (secondary N) is 6. The highest BCUT2D eigenvalue weighted by Crippen LogP contribution is 2.14. The SMILES string of the molecule is CCCCCCCCCCCCCCCC(=O)N[C@@H](CCCN=C(N)N)C(=O)N[C@@H](CO)C(=O)N[C@H](C(=O)N[C@@H](CCCN=C(N)N)C(=O)N[C@@H](CO)C(=O)NC)[C@@H](C)CC. The Morgan fingerprint density at radius 1 is 0.508 bits per heavy atom. The van der Waals surface area contributed by atoms with Crippen LogP contribution in [0, 0.1) is 5.92 Å². The van der Waals surface area contributed by atoms with Crippen molar-refractivity contribution in [2.24, 2.45) is 38.8 Å². The van der Waals surface area contributed by atoms with E-state index >= 15 is 0 Å². The van der Waals surface area contributed by atoms with E-state index in [0.717, 1.165) is 19.3 Å². The van der Waals surface area contributed by atoms with Gasteiger partial charge in [-0.25, -0.2) is 0 Å². The van der Waals surface area contributed by atoms with Gasteiger partial charge in [0.1, 0.15) is 30.2 Å². The predicted octanol–water partition coefficient (Wildman–Crippen LogP) is -0.224.